The molecule has 0 spiro atoms. The average Bonchev–Trinajstić information content (AvgIpc) is 2.68. The largest absolute Gasteiger partial charge is 0.376 e. The van der Waals surface area contributed by atoms with Crippen LogP contribution in [-0.2, 0) is 4.74 Å². The van der Waals surface area contributed by atoms with Gasteiger partial charge in [-0.2, -0.15) is 5.10 Å². The number of thiazole rings is 1. The van der Waals surface area contributed by atoms with Gasteiger partial charge in [0.05, 0.1) is 16.7 Å². The molecule has 0 unspecified atom stereocenters. The lowest BCUT2D eigenvalue weighted by atomic mass is 10.3. The molecule has 5 heteroatoms. The summed E-state index contributed by atoms with van der Waals surface area (Å²) in [6.45, 7) is 4.06. The van der Waals surface area contributed by atoms with E-state index in [1.165, 1.54) is 4.88 Å². The van der Waals surface area contributed by atoms with Crippen molar-refractivity contribution in [2.45, 2.75) is 20.0 Å². The fourth-order valence-corrected chi connectivity index (χ4v) is 2.35. The van der Waals surface area contributed by atoms with Gasteiger partial charge in [0.15, 0.2) is 0 Å². The first kappa shape index (κ1) is 8.65. The molecule has 2 heterocycles. The Labute approximate surface area is 80.2 Å². The van der Waals surface area contributed by atoms with E-state index in [1.807, 2.05) is 18.4 Å². The third-order valence-corrected chi connectivity index (χ3v) is 3.42. The maximum atomic E-state index is 5.26. The Bertz CT molecular complexity index is 420. The molecule has 1 atom stereocenters. The third-order valence-electron chi connectivity index (χ3n) is 2.11. The second-order valence-corrected chi connectivity index (χ2v) is 3.89. The number of nitrogens with zero attached hydrogens (tertiary/aromatic N) is 3. The van der Waals surface area contributed by atoms with Crippen LogP contribution in [0.15, 0.2) is 6.33 Å². The van der Waals surface area contributed by atoms with Gasteiger partial charge in [-0.1, -0.05) is 11.3 Å². The zero-order valence-corrected chi connectivity index (χ0v) is 8.63. The van der Waals surface area contributed by atoms with Crippen LogP contribution in [0.5, 0.6) is 0 Å². The third kappa shape index (κ3) is 1.24. The predicted octanol–water partition coefficient (Wildman–Crippen LogP) is 1.81. The van der Waals surface area contributed by atoms with Crippen LogP contribution in [0.1, 0.15) is 23.6 Å². The fraction of sp³-hybridized carbons (Fsp3) is 0.500. The Morgan fingerprint density at radius 1 is 1.62 bits per heavy atom. The lowest BCUT2D eigenvalue weighted by Gasteiger charge is -2.06. The summed E-state index contributed by atoms with van der Waals surface area (Å²) < 4.78 is 7.10. The standard InChI is InChI=1S/C8H11N3OS/c1-5-7(6(2)12-3)13-8-9-4-10-11(5)8/h4,6H,1-3H3/t6-/m1/s1. The van der Waals surface area contributed by atoms with Gasteiger partial charge in [0, 0.05) is 7.11 Å². The molecule has 4 nitrogen and oxygen atoms in total. The van der Waals surface area contributed by atoms with Crippen LogP contribution in [-0.4, -0.2) is 21.7 Å². The summed E-state index contributed by atoms with van der Waals surface area (Å²) >= 11 is 1.63. The van der Waals surface area contributed by atoms with Crippen molar-refractivity contribution < 1.29 is 4.74 Å². The molecule has 2 aromatic heterocycles. The first-order valence-corrected chi connectivity index (χ1v) is 4.87. The molecular formula is C8H11N3OS. The second kappa shape index (κ2) is 3.08. The highest BCUT2D eigenvalue weighted by molar-refractivity contribution is 7.17. The average molecular weight is 197 g/mol. The van der Waals surface area contributed by atoms with Crippen molar-refractivity contribution in [2.75, 3.05) is 7.11 Å². The Balaban J connectivity index is 2.57. The van der Waals surface area contributed by atoms with Crippen LogP contribution in [0.4, 0.5) is 0 Å². The number of hydrogen-bond acceptors (Lipinski definition) is 4. The molecule has 0 aliphatic heterocycles. The SMILES string of the molecule is CO[C@H](C)c1sc2ncnn2c1C. The van der Waals surface area contributed by atoms with Crippen LogP contribution in [0.3, 0.4) is 0 Å². The van der Waals surface area contributed by atoms with Gasteiger partial charge in [-0.25, -0.2) is 9.50 Å². The van der Waals surface area contributed by atoms with E-state index in [9.17, 15) is 0 Å². The molecular weight excluding hydrogens is 186 g/mol. The molecule has 0 bridgehead atoms. The van der Waals surface area contributed by atoms with Crippen molar-refractivity contribution in [3.05, 3.63) is 16.9 Å². The van der Waals surface area contributed by atoms with Crippen molar-refractivity contribution in [1.82, 2.24) is 14.6 Å². The van der Waals surface area contributed by atoms with Gasteiger partial charge in [0.25, 0.3) is 0 Å². The highest BCUT2D eigenvalue weighted by Crippen LogP contribution is 2.28. The molecule has 0 N–H and O–H groups in total. The molecule has 0 saturated carbocycles. The molecule has 0 fully saturated rings. The number of methoxy groups -OCH3 is 1. The summed E-state index contributed by atoms with van der Waals surface area (Å²) in [6, 6.07) is 0. The lowest BCUT2D eigenvalue weighted by molar-refractivity contribution is 0.121. The molecule has 0 aliphatic rings. The van der Waals surface area contributed by atoms with Crippen LogP contribution in [0.2, 0.25) is 0 Å². The van der Waals surface area contributed by atoms with E-state index in [0.717, 1.165) is 10.7 Å². The minimum Gasteiger partial charge on any atom is -0.376 e. The molecule has 0 amide bonds. The van der Waals surface area contributed by atoms with Crippen molar-refractivity contribution >= 4 is 16.3 Å². The first-order chi connectivity index (χ1) is 6.24. The monoisotopic (exact) mass is 197 g/mol. The number of aryl methyl sites for hydroxylation is 1. The summed E-state index contributed by atoms with van der Waals surface area (Å²) in [5.74, 6) is 0. The van der Waals surface area contributed by atoms with E-state index >= 15 is 0 Å². The van der Waals surface area contributed by atoms with Gasteiger partial charge >= 0.3 is 0 Å². The van der Waals surface area contributed by atoms with Gasteiger partial charge in [0.1, 0.15) is 6.33 Å². The minimum atomic E-state index is 0.119. The highest BCUT2D eigenvalue weighted by atomic mass is 32.1. The van der Waals surface area contributed by atoms with E-state index in [1.54, 1.807) is 24.8 Å². The number of aromatic nitrogens is 3. The quantitative estimate of drug-likeness (QED) is 0.737. The molecule has 0 radical (unpaired) electrons. The van der Waals surface area contributed by atoms with Gasteiger partial charge in [-0.3, -0.25) is 0 Å². The summed E-state index contributed by atoms with van der Waals surface area (Å²) in [7, 11) is 1.71. The van der Waals surface area contributed by atoms with Crippen LogP contribution < -0.4 is 0 Å². The van der Waals surface area contributed by atoms with Crippen molar-refractivity contribution in [2.24, 2.45) is 0 Å². The van der Waals surface area contributed by atoms with Crippen molar-refractivity contribution in [3.63, 3.8) is 0 Å². The van der Waals surface area contributed by atoms with Gasteiger partial charge in [-0.15, -0.1) is 0 Å². The molecule has 0 aromatic carbocycles. The highest BCUT2D eigenvalue weighted by Gasteiger charge is 2.14. The van der Waals surface area contributed by atoms with Crippen molar-refractivity contribution in [3.8, 4) is 0 Å². The Hall–Kier alpha value is -0.940. The summed E-state index contributed by atoms with van der Waals surface area (Å²) in [5, 5.41) is 4.12. The predicted molar refractivity (Wildman–Crippen MR) is 51.0 cm³/mol. The maximum Gasteiger partial charge on any atom is 0.212 e. The van der Waals surface area contributed by atoms with Gasteiger partial charge in [-0.05, 0) is 13.8 Å². The number of hydrogen-bond donors (Lipinski definition) is 0. The lowest BCUT2D eigenvalue weighted by Crippen LogP contribution is -1.97. The maximum absolute atomic E-state index is 5.26. The molecule has 0 saturated heterocycles. The van der Waals surface area contributed by atoms with E-state index in [0.29, 0.717) is 0 Å². The summed E-state index contributed by atoms with van der Waals surface area (Å²) in [6.07, 6.45) is 1.69. The zero-order valence-electron chi connectivity index (χ0n) is 7.81. The number of fused-ring (bicyclic) bond motifs is 1. The smallest absolute Gasteiger partial charge is 0.212 e. The molecule has 2 aromatic rings. The van der Waals surface area contributed by atoms with E-state index in [2.05, 4.69) is 10.1 Å². The number of ether oxygens (including phenoxy) is 1. The molecule has 13 heavy (non-hydrogen) atoms. The molecule has 2 rings (SSSR count). The molecule has 70 valence electrons. The van der Waals surface area contributed by atoms with Gasteiger partial charge in [0.2, 0.25) is 4.96 Å². The van der Waals surface area contributed by atoms with Crippen LogP contribution in [0.25, 0.3) is 4.96 Å². The summed E-state index contributed by atoms with van der Waals surface area (Å²) in [5.41, 5.74) is 1.12. The van der Waals surface area contributed by atoms with E-state index < -0.39 is 0 Å². The van der Waals surface area contributed by atoms with Crippen molar-refractivity contribution in [1.29, 1.82) is 0 Å². The Morgan fingerprint density at radius 2 is 2.38 bits per heavy atom. The minimum absolute atomic E-state index is 0.119. The zero-order chi connectivity index (χ0) is 9.42. The summed E-state index contributed by atoms with van der Waals surface area (Å²) in [4.78, 5) is 6.25. The van der Waals surface area contributed by atoms with Gasteiger partial charge < -0.3 is 4.74 Å². The van der Waals surface area contributed by atoms with Crippen LogP contribution in [0, 0.1) is 6.92 Å². The molecule has 0 aliphatic carbocycles. The van der Waals surface area contributed by atoms with E-state index in [4.69, 9.17) is 4.74 Å². The fourth-order valence-electron chi connectivity index (χ4n) is 1.29. The first-order valence-electron chi connectivity index (χ1n) is 4.06. The van der Waals surface area contributed by atoms with Crippen LogP contribution >= 0.6 is 11.3 Å². The Morgan fingerprint density at radius 3 is 3.00 bits per heavy atom. The van der Waals surface area contributed by atoms with E-state index in [-0.39, 0.29) is 6.10 Å². The normalized spacial score (nSPS) is 13.8. The topological polar surface area (TPSA) is 39.4 Å². The Kier molecular flexibility index (Phi) is 2.05. The second-order valence-electron chi connectivity index (χ2n) is 2.88. The number of rotatable bonds is 2.